The predicted octanol–water partition coefficient (Wildman–Crippen LogP) is 1.91. The first-order valence-electron chi connectivity index (χ1n) is 6.85. The van der Waals surface area contributed by atoms with Crippen LogP contribution in [0.5, 0.6) is 0 Å². The maximum absolute atomic E-state index is 12.5. The van der Waals surface area contributed by atoms with E-state index in [-0.39, 0.29) is 0 Å². The summed E-state index contributed by atoms with van der Waals surface area (Å²) in [7, 11) is -3.24. The van der Waals surface area contributed by atoms with Crippen LogP contribution in [0.1, 0.15) is 32.6 Å². The van der Waals surface area contributed by atoms with Gasteiger partial charge in [0.1, 0.15) is 0 Å². The van der Waals surface area contributed by atoms with E-state index in [2.05, 4.69) is 6.92 Å². The molecule has 2 fully saturated rings. The van der Waals surface area contributed by atoms with Gasteiger partial charge in [-0.05, 0) is 37.5 Å². The van der Waals surface area contributed by atoms with Crippen LogP contribution in [0.25, 0.3) is 0 Å². The topological polar surface area (TPSA) is 40.6 Å². The first-order chi connectivity index (χ1) is 8.54. The Morgan fingerprint density at radius 3 is 2.39 bits per heavy atom. The fourth-order valence-corrected chi connectivity index (χ4v) is 4.75. The molecule has 2 heterocycles. The molecule has 0 aliphatic carbocycles. The molecule has 0 aromatic rings. The highest BCUT2D eigenvalue weighted by Crippen LogP contribution is 2.25. The lowest BCUT2D eigenvalue weighted by Gasteiger charge is -2.37. The van der Waals surface area contributed by atoms with Crippen molar-refractivity contribution >= 4 is 21.8 Å². The van der Waals surface area contributed by atoms with Gasteiger partial charge in [-0.2, -0.15) is 17.0 Å². The van der Waals surface area contributed by atoms with Crippen LogP contribution in [0.3, 0.4) is 0 Å². The summed E-state index contributed by atoms with van der Waals surface area (Å²) in [6, 6.07) is 0. The molecule has 6 heteroatoms. The molecule has 2 aliphatic rings. The van der Waals surface area contributed by atoms with E-state index < -0.39 is 10.2 Å². The Morgan fingerprint density at radius 1 is 1.11 bits per heavy atom. The molecule has 106 valence electrons. The summed E-state index contributed by atoms with van der Waals surface area (Å²) >= 11 is 5.87. The number of halogens is 1. The first kappa shape index (κ1) is 14.6. The summed E-state index contributed by atoms with van der Waals surface area (Å²) in [5.41, 5.74) is 0. The molecule has 1 unspecified atom stereocenters. The van der Waals surface area contributed by atoms with Crippen LogP contribution in [0.15, 0.2) is 0 Å². The molecule has 0 radical (unpaired) electrons. The van der Waals surface area contributed by atoms with Crippen LogP contribution >= 0.6 is 11.6 Å². The van der Waals surface area contributed by atoms with Crippen molar-refractivity contribution in [2.24, 2.45) is 11.8 Å². The average molecular weight is 295 g/mol. The fourth-order valence-electron chi connectivity index (χ4n) is 2.74. The molecule has 0 spiro atoms. The maximum Gasteiger partial charge on any atom is 0.281 e. The quantitative estimate of drug-likeness (QED) is 0.746. The minimum Gasteiger partial charge on any atom is -0.195 e. The fraction of sp³-hybridized carbons (Fsp3) is 1.00. The highest BCUT2D eigenvalue weighted by Gasteiger charge is 2.34. The van der Waals surface area contributed by atoms with Gasteiger partial charge in [-0.25, -0.2) is 0 Å². The van der Waals surface area contributed by atoms with E-state index in [0.29, 0.717) is 43.9 Å². The van der Waals surface area contributed by atoms with E-state index >= 15 is 0 Å². The third kappa shape index (κ3) is 3.18. The number of hydrogen-bond acceptors (Lipinski definition) is 2. The molecule has 0 saturated carbocycles. The van der Waals surface area contributed by atoms with Crippen LogP contribution in [0.4, 0.5) is 0 Å². The van der Waals surface area contributed by atoms with Crippen molar-refractivity contribution in [3.05, 3.63) is 0 Å². The SMILES string of the molecule is CC1CCN(S(=O)(=O)N2CCCC(CCl)C2)CC1. The van der Waals surface area contributed by atoms with E-state index in [1.165, 1.54) is 0 Å². The third-order valence-electron chi connectivity index (χ3n) is 4.10. The minimum absolute atomic E-state index is 0.318. The van der Waals surface area contributed by atoms with E-state index in [4.69, 9.17) is 11.6 Å². The zero-order valence-electron chi connectivity index (χ0n) is 11.0. The molecule has 2 rings (SSSR count). The van der Waals surface area contributed by atoms with E-state index in [9.17, 15) is 8.42 Å². The van der Waals surface area contributed by atoms with Gasteiger partial charge in [0.25, 0.3) is 10.2 Å². The van der Waals surface area contributed by atoms with E-state index in [0.717, 1.165) is 25.7 Å². The molecule has 2 saturated heterocycles. The lowest BCUT2D eigenvalue weighted by atomic mass is 10.0. The van der Waals surface area contributed by atoms with Gasteiger partial charge in [0.15, 0.2) is 0 Å². The van der Waals surface area contributed by atoms with Gasteiger partial charge >= 0.3 is 0 Å². The van der Waals surface area contributed by atoms with Gasteiger partial charge in [-0.15, -0.1) is 11.6 Å². The van der Waals surface area contributed by atoms with Crippen LogP contribution in [0.2, 0.25) is 0 Å². The Morgan fingerprint density at radius 2 is 1.78 bits per heavy atom. The Bertz CT molecular complexity index is 366. The molecule has 0 bridgehead atoms. The zero-order chi connectivity index (χ0) is 13.2. The van der Waals surface area contributed by atoms with E-state index in [1.54, 1.807) is 8.61 Å². The summed E-state index contributed by atoms with van der Waals surface area (Å²) in [4.78, 5) is 0. The van der Waals surface area contributed by atoms with Crippen molar-refractivity contribution in [1.82, 2.24) is 8.61 Å². The predicted molar refractivity (Wildman–Crippen MR) is 73.9 cm³/mol. The minimum atomic E-state index is -3.24. The molecular weight excluding hydrogens is 272 g/mol. The third-order valence-corrected chi connectivity index (χ3v) is 6.53. The standard InChI is InChI=1S/C12H23ClN2O2S/c1-11-4-7-14(8-5-11)18(16,17)15-6-2-3-12(9-13)10-15/h11-12H,2-10H2,1H3. The smallest absolute Gasteiger partial charge is 0.195 e. The second kappa shape index (κ2) is 6.07. The van der Waals surface area contributed by atoms with Crippen molar-refractivity contribution in [2.75, 3.05) is 32.1 Å². The molecule has 4 nitrogen and oxygen atoms in total. The van der Waals surface area contributed by atoms with Crippen LogP contribution in [0, 0.1) is 11.8 Å². The maximum atomic E-state index is 12.5. The summed E-state index contributed by atoms with van der Waals surface area (Å²) in [5.74, 6) is 1.52. The Hall–Kier alpha value is 0.160. The molecule has 0 N–H and O–H groups in total. The Kier molecular flexibility index (Phi) is 4.92. The molecule has 0 amide bonds. The normalized spacial score (nSPS) is 29.6. The van der Waals surface area contributed by atoms with Crippen molar-refractivity contribution in [3.8, 4) is 0 Å². The van der Waals surface area contributed by atoms with Gasteiger partial charge in [0.2, 0.25) is 0 Å². The molecular formula is C12H23ClN2O2S. The van der Waals surface area contributed by atoms with Crippen molar-refractivity contribution in [1.29, 1.82) is 0 Å². The zero-order valence-corrected chi connectivity index (χ0v) is 12.6. The highest BCUT2D eigenvalue weighted by molar-refractivity contribution is 7.86. The number of piperidine rings is 2. The largest absolute Gasteiger partial charge is 0.281 e. The average Bonchev–Trinajstić information content (AvgIpc) is 2.39. The second-order valence-electron chi connectivity index (χ2n) is 5.61. The molecule has 2 aliphatic heterocycles. The van der Waals surface area contributed by atoms with Gasteiger partial charge in [-0.3, -0.25) is 0 Å². The Balaban J connectivity index is 2.01. The van der Waals surface area contributed by atoms with E-state index in [1.807, 2.05) is 0 Å². The van der Waals surface area contributed by atoms with Crippen molar-refractivity contribution < 1.29 is 8.42 Å². The van der Waals surface area contributed by atoms with Crippen LogP contribution < -0.4 is 0 Å². The summed E-state index contributed by atoms with van der Waals surface area (Å²) in [5, 5.41) is 0. The van der Waals surface area contributed by atoms with Crippen LogP contribution in [-0.2, 0) is 10.2 Å². The molecule has 0 aromatic heterocycles. The van der Waals surface area contributed by atoms with Gasteiger partial charge in [0.05, 0.1) is 0 Å². The number of alkyl halides is 1. The summed E-state index contributed by atoms with van der Waals surface area (Å²) in [6.45, 7) is 4.78. The first-order valence-corrected chi connectivity index (χ1v) is 8.78. The number of nitrogens with zero attached hydrogens (tertiary/aromatic N) is 2. The monoisotopic (exact) mass is 294 g/mol. The number of hydrogen-bond donors (Lipinski definition) is 0. The molecule has 18 heavy (non-hydrogen) atoms. The Labute approximate surface area is 115 Å². The lowest BCUT2D eigenvalue weighted by Crippen LogP contribution is -2.50. The number of rotatable bonds is 3. The van der Waals surface area contributed by atoms with Crippen molar-refractivity contribution in [3.63, 3.8) is 0 Å². The molecule has 0 aromatic carbocycles. The van der Waals surface area contributed by atoms with Gasteiger partial charge in [-0.1, -0.05) is 6.92 Å². The summed E-state index contributed by atoms with van der Waals surface area (Å²) in [6.07, 6.45) is 3.94. The van der Waals surface area contributed by atoms with Crippen molar-refractivity contribution in [2.45, 2.75) is 32.6 Å². The molecule has 1 atom stereocenters. The lowest BCUT2D eigenvalue weighted by molar-refractivity contribution is 0.234. The highest BCUT2D eigenvalue weighted by atomic mass is 35.5. The van der Waals surface area contributed by atoms with Gasteiger partial charge < -0.3 is 0 Å². The summed E-state index contributed by atoms with van der Waals surface area (Å²) < 4.78 is 28.3. The van der Waals surface area contributed by atoms with Gasteiger partial charge in [0, 0.05) is 32.1 Å². The second-order valence-corrected chi connectivity index (χ2v) is 7.85. The van der Waals surface area contributed by atoms with Crippen LogP contribution in [-0.4, -0.2) is 49.1 Å².